The van der Waals surface area contributed by atoms with Crippen LogP contribution in [0.1, 0.15) is 22.3 Å². The summed E-state index contributed by atoms with van der Waals surface area (Å²) in [5.41, 5.74) is 1.27. The third kappa shape index (κ3) is 6.75. The predicted molar refractivity (Wildman–Crippen MR) is 119 cm³/mol. The summed E-state index contributed by atoms with van der Waals surface area (Å²) in [5, 5.41) is 2.96. The fourth-order valence-electron chi connectivity index (χ4n) is 3.80. The Kier molecular flexibility index (Phi) is 8.24. The number of hydrogen-bond acceptors (Lipinski definition) is 6. The van der Waals surface area contributed by atoms with Crippen molar-refractivity contribution < 1.29 is 13.2 Å². The molecular formula is C21H35N5O3S. The van der Waals surface area contributed by atoms with E-state index in [4.69, 9.17) is 0 Å². The van der Waals surface area contributed by atoms with E-state index in [0.717, 1.165) is 52.2 Å². The number of carbonyl (C=O) groups is 1. The van der Waals surface area contributed by atoms with E-state index >= 15 is 0 Å². The zero-order valence-corrected chi connectivity index (χ0v) is 19.0. The van der Waals surface area contributed by atoms with Crippen molar-refractivity contribution in [3.05, 3.63) is 35.4 Å². The average Bonchev–Trinajstić information content (AvgIpc) is 2.73. The Bertz CT molecular complexity index is 783. The first-order chi connectivity index (χ1) is 14.3. The van der Waals surface area contributed by atoms with Crippen molar-refractivity contribution in [2.24, 2.45) is 0 Å². The minimum absolute atomic E-state index is 0.0242. The molecule has 2 aliphatic rings. The SMILES string of the molecule is CN1CCN(CCCNC(=O)c2ccc(CS(=O)(=O)N3CCN(C)CC3)cc2)CC1. The van der Waals surface area contributed by atoms with Gasteiger partial charge in [-0.1, -0.05) is 12.1 Å². The van der Waals surface area contributed by atoms with Crippen molar-refractivity contribution in [3.8, 4) is 0 Å². The fraction of sp³-hybridized carbons (Fsp3) is 0.667. The Morgan fingerprint density at radius 3 is 2.07 bits per heavy atom. The quantitative estimate of drug-likeness (QED) is 0.583. The number of nitrogens with zero attached hydrogens (tertiary/aromatic N) is 4. The lowest BCUT2D eigenvalue weighted by molar-refractivity contribution is 0.0949. The summed E-state index contributed by atoms with van der Waals surface area (Å²) in [6.45, 7) is 8.60. The predicted octanol–water partition coefficient (Wildman–Crippen LogP) is 0.131. The Morgan fingerprint density at radius 2 is 1.47 bits per heavy atom. The molecule has 0 atom stereocenters. The van der Waals surface area contributed by atoms with Crippen molar-refractivity contribution in [2.45, 2.75) is 12.2 Å². The maximum Gasteiger partial charge on any atom is 0.251 e. The van der Waals surface area contributed by atoms with E-state index in [9.17, 15) is 13.2 Å². The van der Waals surface area contributed by atoms with Crippen LogP contribution in [0.4, 0.5) is 0 Å². The number of carbonyl (C=O) groups excluding carboxylic acids is 1. The Hall–Kier alpha value is -1.52. The van der Waals surface area contributed by atoms with Gasteiger partial charge in [-0.25, -0.2) is 8.42 Å². The minimum atomic E-state index is -3.33. The van der Waals surface area contributed by atoms with Gasteiger partial charge in [0.1, 0.15) is 0 Å². The molecule has 0 saturated carbocycles. The Morgan fingerprint density at radius 1 is 0.900 bits per heavy atom. The number of benzene rings is 1. The van der Waals surface area contributed by atoms with Crippen molar-refractivity contribution in [1.29, 1.82) is 0 Å². The van der Waals surface area contributed by atoms with Gasteiger partial charge in [-0.2, -0.15) is 4.31 Å². The average molecular weight is 438 g/mol. The zero-order chi connectivity index (χ0) is 21.6. The van der Waals surface area contributed by atoms with Gasteiger partial charge in [-0.3, -0.25) is 4.79 Å². The maximum atomic E-state index is 12.6. The normalized spacial score (nSPS) is 20.3. The molecule has 1 amide bonds. The maximum absolute atomic E-state index is 12.6. The molecule has 30 heavy (non-hydrogen) atoms. The largest absolute Gasteiger partial charge is 0.352 e. The van der Waals surface area contributed by atoms with Crippen LogP contribution >= 0.6 is 0 Å². The molecule has 9 heteroatoms. The second kappa shape index (κ2) is 10.7. The molecule has 0 aromatic heterocycles. The van der Waals surface area contributed by atoms with Gasteiger partial charge in [0.05, 0.1) is 5.75 Å². The molecule has 1 N–H and O–H groups in total. The standard InChI is InChI=1S/C21H35N5O3S/c1-23-10-14-25(15-11-23)9-3-8-22-21(27)20-6-4-19(5-7-20)18-30(28,29)26-16-12-24(2)13-17-26/h4-7H,3,8-18H2,1-2H3,(H,22,27). The van der Waals surface area contributed by atoms with Gasteiger partial charge in [-0.05, 0) is 44.8 Å². The summed E-state index contributed by atoms with van der Waals surface area (Å²) in [6, 6.07) is 6.91. The van der Waals surface area contributed by atoms with Crippen LogP contribution < -0.4 is 5.32 Å². The number of nitrogens with one attached hydrogen (secondary N) is 1. The molecule has 168 valence electrons. The van der Waals surface area contributed by atoms with Gasteiger partial charge in [0.25, 0.3) is 5.91 Å². The molecule has 0 radical (unpaired) electrons. The smallest absolute Gasteiger partial charge is 0.251 e. The first-order valence-corrected chi connectivity index (χ1v) is 12.4. The van der Waals surface area contributed by atoms with Crippen LogP contribution in [0.2, 0.25) is 0 Å². The topological polar surface area (TPSA) is 76.2 Å². The van der Waals surface area contributed by atoms with Crippen LogP contribution in [0.5, 0.6) is 0 Å². The van der Waals surface area contributed by atoms with E-state index in [1.807, 2.05) is 7.05 Å². The van der Waals surface area contributed by atoms with Crippen LogP contribution in [-0.4, -0.2) is 113 Å². The second-order valence-corrected chi connectivity index (χ2v) is 10.4. The monoisotopic (exact) mass is 437 g/mol. The highest BCUT2D eigenvalue weighted by atomic mass is 32.2. The molecule has 2 saturated heterocycles. The molecule has 0 bridgehead atoms. The van der Waals surface area contributed by atoms with Gasteiger partial charge < -0.3 is 20.0 Å². The number of rotatable bonds is 8. The van der Waals surface area contributed by atoms with Crippen molar-refractivity contribution in [3.63, 3.8) is 0 Å². The van der Waals surface area contributed by atoms with Gasteiger partial charge in [0, 0.05) is 64.5 Å². The fourth-order valence-corrected chi connectivity index (χ4v) is 5.31. The summed E-state index contributed by atoms with van der Waals surface area (Å²) in [6.07, 6.45) is 0.927. The summed E-state index contributed by atoms with van der Waals surface area (Å²) < 4.78 is 26.8. The number of piperazine rings is 2. The van der Waals surface area contributed by atoms with Crippen LogP contribution in [0, 0.1) is 0 Å². The summed E-state index contributed by atoms with van der Waals surface area (Å²) in [7, 11) is 0.817. The van der Waals surface area contributed by atoms with Crippen molar-refractivity contribution >= 4 is 15.9 Å². The third-order valence-electron chi connectivity index (χ3n) is 5.95. The second-order valence-electron chi connectivity index (χ2n) is 8.41. The lowest BCUT2D eigenvalue weighted by atomic mass is 10.1. The lowest BCUT2D eigenvalue weighted by Gasteiger charge is -2.32. The van der Waals surface area contributed by atoms with Crippen LogP contribution in [0.15, 0.2) is 24.3 Å². The third-order valence-corrected chi connectivity index (χ3v) is 7.80. The minimum Gasteiger partial charge on any atom is -0.352 e. The number of sulfonamides is 1. The highest BCUT2D eigenvalue weighted by Crippen LogP contribution is 2.14. The molecule has 0 aliphatic carbocycles. The van der Waals surface area contributed by atoms with E-state index in [1.54, 1.807) is 28.6 Å². The lowest BCUT2D eigenvalue weighted by Crippen LogP contribution is -2.47. The highest BCUT2D eigenvalue weighted by molar-refractivity contribution is 7.88. The highest BCUT2D eigenvalue weighted by Gasteiger charge is 2.25. The van der Waals surface area contributed by atoms with Gasteiger partial charge in [0.15, 0.2) is 0 Å². The summed E-state index contributed by atoms with van der Waals surface area (Å²) >= 11 is 0. The molecule has 2 fully saturated rings. The van der Waals surface area contributed by atoms with Crippen LogP contribution in [0.3, 0.4) is 0 Å². The summed E-state index contributed by atoms with van der Waals surface area (Å²) in [5.74, 6) is -0.134. The van der Waals surface area contributed by atoms with E-state index in [0.29, 0.717) is 30.8 Å². The zero-order valence-electron chi connectivity index (χ0n) is 18.2. The molecule has 1 aromatic carbocycles. The van der Waals surface area contributed by atoms with Crippen molar-refractivity contribution in [2.75, 3.05) is 79.5 Å². The van der Waals surface area contributed by atoms with E-state index < -0.39 is 10.0 Å². The van der Waals surface area contributed by atoms with E-state index in [-0.39, 0.29) is 11.7 Å². The molecule has 3 rings (SSSR count). The molecule has 1 aromatic rings. The van der Waals surface area contributed by atoms with Gasteiger partial charge in [0.2, 0.25) is 10.0 Å². The van der Waals surface area contributed by atoms with Gasteiger partial charge in [-0.15, -0.1) is 0 Å². The van der Waals surface area contributed by atoms with Crippen molar-refractivity contribution in [1.82, 2.24) is 24.3 Å². The molecule has 2 heterocycles. The molecule has 8 nitrogen and oxygen atoms in total. The summed E-state index contributed by atoms with van der Waals surface area (Å²) in [4.78, 5) is 19.2. The molecule has 0 spiro atoms. The Labute approximate surface area is 180 Å². The van der Waals surface area contributed by atoms with Gasteiger partial charge >= 0.3 is 0 Å². The number of amides is 1. The van der Waals surface area contributed by atoms with E-state index in [1.165, 1.54) is 0 Å². The first kappa shape index (κ1) is 23.1. The Balaban J connectivity index is 1.41. The molecular weight excluding hydrogens is 402 g/mol. The molecule has 2 aliphatic heterocycles. The van der Waals surface area contributed by atoms with Crippen LogP contribution in [0.25, 0.3) is 0 Å². The van der Waals surface area contributed by atoms with Crippen LogP contribution in [-0.2, 0) is 15.8 Å². The molecule has 0 unspecified atom stereocenters. The van der Waals surface area contributed by atoms with E-state index in [2.05, 4.69) is 27.1 Å². The number of hydrogen-bond donors (Lipinski definition) is 1. The first-order valence-electron chi connectivity index (χ1n) is 10.8. The number of likely N-dealkylation sites (N-methyl/N-ethyl adjacent to an activating group) is 2.